The zero-order valence-corrected chi connectivity index (χ0v) is 16.6. The number of hydrogen-bond donors (Lipinski definition) is 0. The first-order valence-corrected chi connectivity index (χ1v) is 9.54. The smallest absolute Gasteiger partial charge is 0.291 e. The molecule has 0 saturated heterocycles. The molecule has 4 aromatic rings. The average molecular weight is 449 g/mol. The minimum Gasteiger partial charge on any atom is -0.496 e. The summed E-state index contributed by atoms with van der Waals surface area (Å²) in [5, 5.41) is 4.93. The van der Waals surface area contributed by atoms with Crippen molar-refractivity contribution in [2.24, 2.45) is 0 Å². The molecule has 0 spiro atoms. The van der Waals surface area contributed by atoms with Gasteiger partial charge in [0, 0.05) is 20.6 Å². The van der Waals surface area contributed by atoms with Crippen LogP contribution in [0.1, 0.15) is 5.56 Å². The van der Waals surface area contributed by atoms with E-state index in [1.807, 2.05) is 30.3 Å². The van der Waals surface area contributed by atoms with Crippen molar-refractivity contribution >= 4 is 49.9 Å². The van der Waals surface area contributed by atoms with E-state index in [2.05, 4.69) is 26.0 Å². The predicted octanol–water partition coefficient (Wildman–Crippen LogP) is 3.79. The molecule has 2 aromatic heterocycles. The lowest BCUT2D eigenvalue weighted by molar-refractivity contribution is 0.414. The van der Waals surface area contributed by atoms with Gasteiger partial charge in [-0.3, -0.25) is 4.79 Å². The van der Waals surface area contributed by atoms with E-state index in [0.717, 1.165) is 15.6 Å². The highest BCUT2D eigenvalue weighted by Gasteiger charge is 2.12. The van der Waals surface area contributed by atoms with Crippen molar-refractivity contribution < 1.29 is 4.74 Å². The van der Waals surface area contributed by atoms with Crippen LogP contribution >= 0.6 is 38.9 Å². The van der Waals surface area contributed by atoms with E-state index in [0.29, 0.717) is 26.1 Å². The Morgan fingerprint density at radius 1 is 1.27 bits per heavy atom. The molecule has 26 heavy (non-hydrogen) atoms. The first-order chi connectivity index (χ1) is 12.5. The van der Waals surface area contributed by atoms with Crippen molar-refractivity contribution in [3.05, 3.63) is 72.4 Å². The fourth-order valence-electron chi connectivity index (χ4n) is 2.54. The average Bonchev–Trinajstić information content (AvgIpc) is 3.15. The molecular formula is C18H11BrClN3O2S. The maximum atomic E-state index is 12.7. The Morgan fingerprint density at radius 2 is 2.12 bits per heavy atom. The molecular weight excluding hydrogens is 438 g/mol. The molecule has 0 aliphatic carbocycles. The Balaban J connectivity index is 1.84. The van der Waals surface area contributed by atoms with Crippen LogP contribution in [0, 0.1) is 0 Å². The van der Waals surface area contributed by atoms with E-state index < -0.39 is 0 Å². The van der Waals surface area contributed by atoms with Crippen molar-refractivity contribution in [2.75, 3.05) is 7.11 Å². The molecule has 0 N–H and O–H groups in total. The summed E-state index contributed by atoms with van der Waals surface area (Å²) in [7, 11) is 1.60. The number of rotatable bonds is 3. The molecule has 4 rings (SSSR count). The number of benzene rings is 2. The highest BCUT2D eigenvalue weighted by atomic mass is 79.9. The van der Waals surface area contributed by atoms with E-state index in [1.54, 1.807) is 25.3 Å². The third kappa shape index (κ3) is 3.13. The molecule has 5 nitrogen and oxygen atoms in total. The first-order valence-electron chi connectivity index (χ1n) is 7.56. The molecule has 8 heteroatoms. The van der Waals surface area contributed by atoms with Gasteiger partial charge in [-0.05, 0) is 36.4 Å². The maximum Gasteiger partial charge on any atom is 0.291 e. The van der Waals surface area contributed by atoms with E-state index >= 15 is 0 Å². The van der Waals surface area contributed by atoms with Gasteiger partial charge < -0.3 is 4.74 Å². The molecule has 130 valence electrons. The second-order valence-corrected chi connectivity index (χ2v) is 7.80. The lowest BCUT2D eigenvalue weighted by atomic mass is 10.2. The van der Waals surface area contributed by atoms with Crippen LogP contribution in [0.2, 0.25) is 5.02 Å². The van der Waals surface area contributed by atoms with Gasteiger partial charge in [0.05, 0.1) is 11.6 Å². The lowest BCUT2D eigenvalue weighted by Gasteiger charge is -2.04. The first kappa shape index (κ1) is 17.2. The van der Waals surface area contributed by atoms with E-state index in [9.17, 15) is 4.79 Å². The zero-order valence-electron chi connectivity index (χ0n) is 13.4. The highest BCUT2D eigenvalue weighted by molar-refractivity contribution is 9.10. The second kappa shape index (κ2) is 6.83. The normalized spacial score (nSPS) is 12.0. The Labute approximate surface area is 165 Å². The Kier molecular flexibility index (Phi) is 4.52. The number of nitrogens with zero attached hydrogens (tertiary/aromatic N) is 3. The zero-order chi connectivity index (χ0) is 18.3. The Hall–Kier alpha value is -2.22. The summed E-state index contributed by atoms with van der Waals surface area (Å²) in [5.41, 5.74) is 1.36. The second-order valence-electron chi connectivity index (χ2n) is 5.44. The summed E-state index contributed by atoms with van der Waals surface area (Å²) < 4.78 is 8.11. The highest BCUT2D eigenvalue weighted by Crippen LogP contribution is 2.24. The topological polar surface area (TPSA) is 56.5 Å². The lowest BCUT2D eigenvalue weighted by Crippen LogP contribution is -2.23. The number of ether oxygens (including phenoxy) is 1. The quantitative estimate of drug-likeness (QED) is 0.478. The van der Waals surface area contributed by atoms with Crippen LogP contribution in [0.3, 0.4) is 0 Å². The molecule has 0 saturated carbocycles. The van der Waals surface area contributed by atoms with Crippen LogP contribution in [-0.4, -0.2) is 21.7 Å². The van der Waals surface area contributed by atoms with Gasteiger partial charge in [0.1, 0.15) is 5.75 Å². The van der Waals surface area contributed by atoms with E-state index in [1.165, 1.54) is 15.9 Å². The van der Waals surface area contributed by atoms with Gasteiger partial charge in [0.25, 0.3) is 5.56 Å². The van der Waals surface area contributed by atoms with E-state index in [-0.39, 0.29) is 5.56 Å². The Morgan fingerprint density at radius 3 is 2.85 bits per heavy atom. The largest absolute Gasteiger partial charge is 0.496 e. The molecule has 0 amide bonds. The van der Waals surface area contributed by atoms with Crippen molar-refractivity contribution in [1.29, 1.82) is 0 Å². The van der Waals surface area contributed by atoms with Gasteiger partial charge >= 0.3 is 0 Å². The van der Waals surface area contributed by atoms with Crippen LogP contribution in [0.25, 0.3) is 22.4 Å². The van der Waals surface area contributed by atoms with Gasteiger partial charge in [-0.1, -0.05) is 51.0 Å². The maximum absolute atomic E-state index is 12.7. The third-order valence-corrected chi connectivity index (χ3v) is 5.43. The molecule has 2 aromatic carbocycles. The SMILES string of the molecule is COc1ccc(Br)cc1C=c1sc2nc(-c3cccc(Cl)c3)nn2c1=O. The van der Waals surface area contributed by atoms with Crippen LogP contribution in [0.15, 0.2) is 51.7 Å². The predicted molar refractivity (Wildman–Crippen MR) is 107 cm³/mol. The standard InChI is InChI=1S/C18H11BrClN3O2S/c1-25-14-6-5-12(19)7-11(14)9-15-17(24)23-18(26-15)21-16(22-23)10-3-2-4-13(20)8-10/h2-9H,1H3. The van der Waals surface area contributed by atoms with Crippen LogP contribution in [0.5, 0.6) is 5.75 Å². The number of methoxy groups -OCH3 is 1. The summed E-state index contributed by atoms with van der Waals surface area (Å²) >= 11 is 10.7. The molecule has 0 radical (unpaired) electrons. The summed E-state index contributed by atoms with van der Waals surface area (Å²) in [5.74, 6) is 1.16. The van der Waals surface area contributed by atoms with Crippen molar-refractivity contribution in [1.82, 2.24) is 14.6 Å². The fourth-order valence-corrected chi connectivity index (χ4v) is 4.01. The molecule has 0 bridgehead atoms. The summed E-state index contributed by atoms with van der Waals surface area (Å²) in [6.45, 7) is 0. The summed E-state index contributed by atoms with van der Waals surface area (Å²) in [6, 6.07) is 12.8. The van der Waals surface area contributed by atoms with Crippen LogP contribution in [0.4, 0.5) is 0 Å². The number of fused-ring (bicyclic) bond motifs is 1. The summed E-state index contributed by atoms with van der Waals surface area (Å²) in [6.07, 6.45) is 1.78. The van der Waals surface area contributed by atoms with Crippen molar-refractivity contribution in [3.63, 3.8) is 0 Å². The third-order valence-electron chi connectivity index (χ3n) is 3.74. The minimum absolute atomic E-state index is 0.215. The molecule has 0 atom stereocenters. The van der Waals surface area contributed by atoms with Gasteiger partial charge in [-0.2, -0.15) is 9.50 Å². The number of halogens is 2. The number of thiazole rings is 1. The van der Waals surface area contributed by atoms with Crippen LogP contribution in [-0.2, 0) is 0 Å². The van der Waals surface area contributed by atoms with Gasteiger partial charge in [-0.25, -0.2) is 0 Å². The monoisotopic (exact) mass is 447 g/mol. The van der Waals surface area contributed by atoms with Gasteiger partial charge in [0.15, 0.2) is 5.82 Å². The summed E-state index contributed by atoms with van der Waals surface area (Å²) in [4.78, 5) is 17.7. The minimum atomic E-state index is -0.215. The molecule has 0 unspecified atom stereocenters. The van der Waals surface area contributed by atoms with Gasteiger partial charge in [-0.15, -0.1) is 5.10 Å². The van der Waals surface area contributed by atoms with E-state index in [4.69, 9.17) is 16.3 Å². The fraction of sp³-hybridized carbons (Fsp3) is 0.0556. The van der Waals surface area contributed by atoms with Crippen molar-refractivity contribution in [2.45, 2.75) is 0 Å². The van der Waals surface area contributed by atoms with Crippen LogP contribution < -0.4 is 14.8 Å². The van der Waals surface area contributed by atoms with Crippen molar-refractivity contribution in [3.8, 4) is 17.1 Å². The molecule has 2 heterocycles. The molecule has 0 fully saturated rings. The number of aromatic nitrogens is 3. The molecule has 0 aliphatic rings. The number of hydrogen-bond acceptors (Lipinski definition) is 5. The molecule has 0 aliphatic heterocycles. The van der Waals surface area contributed by atoms with Gasteiger partial charge in [0.2, 0.25) is 4.96 Å². The Bertz CT molecular complexity index is 1240.